The number of ether oxygens (including phenoxy) is 1. The van der Waals surface area contributed by atoms with Crippen molar-refractivity contribution in [2.45, 2.75) is 58.6 Å². The van der Waals surface area contributed by atoms with Gasteiger partial charge >= 0.3 is 5.97 Å². The molecular formula is C13H25NO3. The topological polar surface area (TPSA) is 58.6 Å². The van der Waals surface area contributed by atoms with Crippen molar-refractivity contribution in [3.63, 3.8) is 0 Å². The highest BCUT2D eigenvalue weighted by Gasteiger charge is 2.48. The highest BCUT2D eigenvalue weighted by atomic mass is 16.5. The van der Waals surface area contributed by atoms with Crippen molar-refractivity contribution in [3.05, 3.63) is 0 Å². The number of nitrogens with one attached hydrogen (secondary N) is 1. The maximum Gasteiger partial charge on any atom is 0.303 e. The third-order valence-corrected chi connectivity index (χ3v) is 3.75. The first kappa shape index (κ1) is 14.5. The van der Waals surface area contributed by atoms with E-state index in [1.807, 2.05) is 6.92 Å². The SMILES string of the molecule is CCOC1CC(NCCCCC(=O)O)C1(C)C. The Balaban J connectivity index is 2.11. The Morgan fingerprint density at radius 3 is 2.71 bits per heavy atom. The molecule has 100 valence electrons. The molecule has 1 fully saturated rings. The number of unbranched alkanes of at least 4 members (excludes halogenated alkanes) is 1. The van der Waals surface area contributed by atoms with Gasteiger partial charge in [-0.05, 0) is 32.7 Å². The van der Waals surface area contributed by atoms with Gasteiger partial charge in [0.05, 0.1) is 6.10 Å². The van der Waals surface area contributed by atoms with Gasteiger partial charge in [0.1, 0.15) is 0 Å². The maximum absolute atomic E-state index is 10.3. The average Bonchev–Trinajstić information content (AvgIpc) is 2.25. The molecule has 0 aromatic heterocycles. The first-order valence-electron chi connectivity index (χ1n) is 6.55. The van der Waals surface area contributed by atoms with Gasteiger partial charge in [0.15, 0.2) is 0 Å². The minimum Gasteiger partial charge on any atom is -0.481 e. The summed E-state index contributed by atoms with van der Waals surface area (Å²) in [5, 5.41) is 12.0. The molecule has 1 saturated carbocycles. The Kier molecular flexibility index (Phi) is 5.40. The van der Waals surface area contributed by atoms with Crippen molar-refractivity contribution >= 4 is 5.97 Å². The van der Waals surface area contributed by atoms with Crippen molar-refractivity contribution < 1.29 is 14.6 Å². The van der Waals surface area contributed by atoms with Gasteiger partial charge in [-0.3, -0.25) is 4.79 Å². The lowest BCUT2D eigenvalue weighted by atomic mass is 9.64. The highest BCUT2D eigenvalue weighted by molar-refractivity contribution is 5.66. The van der Waals surface area contributed by atoms with Crippen molar-refractivity contribution in [2.24, 2.45) is 5.41 Å². The molecule has 2 N–H and O–H groups in total. The minimum atomic E-state index is -0.703. The van der Waals surface area contributed by atoms with Gasteiger partial charge in [-0.15, -0.1) is 0 Å². The summed E-state index contributed by atoms with van der Waals surface area (Å²) in [5.74, 6) is -0.703. The second-order valence-electron chi connectivity index (χ2n) is 5.36. The van der Waals surface area contributed by atoms with Crippen molar-refractivity contribution in [2.75, 3.05) is 13.2 Å². The van der Waals surface area contributed by atoms with Crippen LogP contribution in [0.25, 0.3) is 0 Å². The zero-order chi connectivity index (χ0) is 12.9. The summed E-state index contributed by atoms with van der Waals surface area (Å²) >= 11 is 0. The smallest absolute Gasteiger partial charge is 0.303 e. The molecule has 0 aromatic carbocycles. The Bertz CT molecular complexity index is 253. The summed E-state index contributed by atoms with van der Waals surface area (Å²) in [6.07, 6.45) is 3.39. The van der Waals surface area contributed by atoms with Crippen LogP contribution in [-0.2, 0) is 9.53 Å². The van der Waals surface area contributed by atoms with Crippen LogP contribution in [0.2, 0.25) is 0 Å². The quantitative estimate of drug-likeness (QED) is 0.640. The van der Waals surface area contributed by atoms with Crippen molar-refractivity contribution in [3.8, 4) is 0 Å². The molecule has 0 bridgehead atoms. The van der Waals surface area contributed by atoms with E-state index in [0.29, 0.717) is 12.1 Å². The largest absolute Gasteiger partial charge is 0.481 e. The second-order valence-corrected chi connectivity index (χ2v) is 5.36. The number of carboxylic acids is 1. The zero-order valence-electron chi connectivity index (χ0n) is 11.2. The third kappa shape index (κ3) is 3.96. The van der Waals surface area contributed by atoms with Crippen LogP contribution in [0, 0.1) is 5.41 Å². The van der Waals surface area contributed by atoms with Crippen LogP contribution >= 0.6 is 0 Å². The Morgan fingerprint density at radius 2 is 2.18 bits per heavy atom. The van der Waals surface area contributed by atoms with Crippen LogP contribution in [-0.4, -0.2) is 36.4 Å². The van der Waals surface area contributed by atoms with Gasteiger partial charge in [0.25, 0.3) is 0 Å². The molecule has 0 heterocycles. The van der Waals surface area contributed by atoms with E-state index in [0.717, 1.165) is 32.4 Å². The number of rotatable bonds is 8. The fourth-order valence-electron chi connectivity index (χ4n) is 2.39. The summed E-state index contributed by atoms with van der Waals surface area (Å²) in [4.78, 5) is 10.3. The first-order valence-corrected chi connectivity index (χ1v) is 6.55. The molecule has 4 nitrogen and oxygen atoms in total. The summed E-state index contributed by atoms with van der Waals surface area (Å²) in [7, 11) is 0. The van der Waals surface area contributed by atoms with E-state index in [2.05, 4.69) is 19.2 Å². The molecule has 1 aliphatic rings. The summed E-state index contributed by atoms with van der Waals surface area (Å²) < 4.78 is 5.66. The standard InChI is InChI=1S/C13H25NO3/c1-4-17-11-9-10(13(11,2)3)14-8-6-5-7-12(15)16/h10-11,14H,4-9H2,1-3H3,(H,15,16). The van der Waals surface area contributed by atoms with E-state index < -0.39 is 5.97 Å². The van der Waals surface area contributed by atoms with Crippen LogP contribution in [0.1, 0.15) is 46.5 Å². The first-order chi connectivity index (χ1) is 7.98. The Labute approximate surface area is 104 Å². The van der Waals surface area contributed by atoms with Gasteiger partial charge in [0, 0.05) is 24.5 Å². The van der Waals surface area contributed by atoms with Crippen molar-refractivity contribution in [1.29, 1.82) is 0 Å². The normalized spacial score (nSPS) is 26.5. The molecular weight excluding hydrogens is 218 g/mol. The lowest BCUT2D eigenvalue weighted by Gasteiger charge is -2.52. The Morgan fingerprint density at radius 1 is 1.47 bits per heavy atom. The predicted molar refractivity (Wildman–Crippen MR) is 67.1 cm³/mol. The minimum absolute atomic E-state index is 0.197. The van der Waals surface area contributed by atoms with Crippen LogP contribution < -0.4 is 5.32 Å². The van der Waals surface area contributed by atoms with E-state index in [9.17, 15) is 4.79 Å². The Hall–Kier alpha value is -0.610. The summed E-state index contributed by atoms with van der Waals surface area (Å²) in [6, 6.07) is 0.504. The van der Waals surface area contributed by atoms with Gasteiger partial charge in [-0.1, -0.05) is 13.8 Å². The monoisotopic (exact) mass is 243 g/mol. The maximum atomic E-state index is 10.3. The van der Waals surface area contributed by atoms with E-state index >= 15 is 0 Å². The molecule has 17 heavy (non-hydrogen) atoms. The van der Waals surface area contributed by atoms with Gasteiger partial charge in [-0.25, -0.2) is 0 Å². The molecule has 1 aliphatic carbocycles. The van der Waals surface area contributed by atoms with Gasteiger partial charge < -0.3 is 15.2 Å². The molecule has 1 rings (SSSR count). The number of carboxylic acid groups (broad SMARTS) is 1. The molecule has 4 heteroatoms. The number of carbonyl (C=O) groups is 1. The number of hydrogen-bond donors (Lipinski definition) is 2. The fourth-order valence-corrected chi connectivity index (χ4v) is 2.39. The molecule has 0 spiro atoms. The van der Waals surface area contributed by atoms with E-state index in [1.54, 1.807) is 0 Å². The molecule has 0 aliphatic heterocycles. The predicted octanol–water partition coefficient (Wildman–Crippen LogP) is 2.03. The molecule has 0 amide bonds. The average molecular weight is 243 g/mol. The van der Waals surface area contributed by atoms with E-state index in [4.69, 9.17) is 9.84 Å². The fraction of sp³-hybridized carbons (Fsp3) is 0.923. The van der Waals surface area contributed by atoms with Gasteiger partial charge in [0.2, 0.25) is 0 Å². The number of aliphatic carboxylic acids is 1. The van der Waals surface area contributed by atoms with Crippen LogP contribution in [0.3, 0.4) is 0 Å². The summed E-state index contributed by atoms with van der Waals surface area (Å²) in [5.41, 5.74) is 0.197. The molecule has 0 saturated heterocycles. The zero-order valence-corrected chi connectivity index (χ0v) is 11.2. The molecule has 0 aromatic rings. The van der Waals surface area contributed by atoms with Crippen LogP contribution in [0.5, 0.6) is 0 Å². The van der Waals surface area contributed by atoms with Crippen LogP contribution in [0.4, 0.5) is 0 Å². The molecule has 0 radical (unpaired) electrons. The van der Waals surface area contributed by atoms with E-state index in [1.165, 1.54) is 0 Å². The molecule has 2 unspecified atom stereocenters. The lowest BCUT2D eigenvalue weighted by molar-refractivity contribution is -0.137. The highest BCUT2D eigenvalue weighted by Crippen LogP contribution is 2.42. The third-order valence-electron chi connectivity index (χ3n) is 3.75. The van der Waals surface area contributed by atoms with Crippen LogP contribution in [0.15, 0.2) is 0 Å². The number of hydrogen-bond acceptors (Lipinski definition) is 3. The summed E-state index contributed by atoms with van der Waals surface area (Å²) in [6.45, 7) is 8.17. The molecule has 2 atom stereocenters. The second kappa shape index (κ2) is 6.36. The van der Waals surface area contributed by atoms with Gasteiger partial charge in [-0.2, -0.15) is 0 Å². The van der Waals surface area contributed by atoms with Crippen molar-refractivity contribution in [1.82, 2.24) is 5.32 Å². The van der Waals surface area contributed by atoms with E-state index in [-0.39, 0.29) is 11.8 Å². The lowest BCUT2D eigenvalue weighted by Crippen LogP contribution is -2.61.